The van der Waals surface area contributed by atoms with Gasteiger partial charge >= 0.3 is 0 Å². The summed E-state index contributed by atoms with van der Waals surface area (Å²) in [5, 5.41) is 5.19. The number of rotatable bonds is 6. The van der Waals surface area contributed by atoms with Crippen LogP contribution in [0, 0.1) is 6.92 Å². The van der Waals surface area contributed by atoms with E-state index in [1.807, 2.05) is 60.7 Å². The van der Waals surface area contributed by atoms with Gasteiger partial charge in [-0.05, 0) is 43.2 Å². The maximum atomic E-state index is 14.1. The Morgan fingerprint density at radius 2 is 1.40 bits per heavy atom. The van der Waals surface area contributed by atoms with Crippen molar-refractivity contribution < 1.29 is 4.57 Å². The number of hydrogen-bond acceptors (Lipinski definition) is 1. The molecule has 0 saturated heterocycles. The summed E-state index contributed by atoms with van der Waals surface area (Å²) in [5.41, 5.74) is 2.39. The molecule has 3 rings (SSSR count). The Morgan fingerprint density at radius 1 is 0.840 bits per heavy atom. The van der Waals surface area contributed by atoms with Crippen LogP contribution in [-0.4, -0.2) is 0 Å². The quantitative estimate of drug-likeness (QED) is 0.637. The van der Waals surface area contributed by atoms with Crippen LogP contribution >= 0.6 is 7.29 Å². The minimum absolute atomic E-state index is 0.0335. The molecule has 0 saturated carbocycles. The average Bonchev–Trinajstić information content (AvgIpc) is 2.67. The monoisotopic (exact) mass is 349 g/mol. The first-order chi connectivity index (χ1) is 12.1. The zero-order valence-corrected chi connectivity index (χ0v) is 15.6. The fourth-order valence-electron chi connectivity index (χ4n) is 3.08. The van der Waals surface area contributed by atoms with E-state index in [2.05, 4.69) is 43.2 Å². The highest BCUT2D eigenvalue weighted by atomic mass is 31.2. The second-order valence-corrected chi connectivity index (χ2v) is 8.79. The Bertz CT molecular complexity index is 818. The highest BCUT2D eigenvalue weighted by molar-refractivity contribution is 7.76. The van der Waals surface area contributed by atoms with E-state index in [0.717, 1.165) is 17.0 Å². The number of nitrogens with one attached hydrogen (secondary N) is 1. The van der Waals surface area contributed by atoms with Crippen molar-refractivity contribution in [3.8, 4) is 0 Å². The Morgan fingerprint density at radius 3 is 1.88 bits per heavy atom. The molecule has 0 aliphatic carbocycles. The molecule has 0 aliphatic rings. The van der Waals surface area contributed by atoms with Crippen LogP contribution in [-0.2, 0) is 4.57 Å². The minimum Gasteiger partial charge on any atom is -0.297 e. The molecule has 0 unspecified atom stereocenters. The normalized spacial score (nSPS) is 12.7. The van der Waals surface area contributed by atoms with Crippen LogP contribution < -0.4 is 15.7 Å². The average molecular weight is 349 g/mol. The summed E-state index contributed by atoms with van der Waals surface area (Å²) in [4.78, 5) is 0. The van der Waals surface area contributed by atoms with E-state index >= 15 is 0 Å². The number of aryl methyl sites for hydroxylation is 1. The standard InChI is InChI=1S/C22H24NOP/c1-3-22(19-12-10-11-18(2)17-19)23-25(24,20-13-6-4-7-14-20)21-15-8-5-9-16-21/h4-17,22H,3H2,1-2H3,(H,23,24)/t22-/m1/s1. The van der Waals surface area contributed by atoms with Crippen molar-refractivity contribution >= 4 is 17.9 Å². The molecule has 3 aromatic rings. The van der Waals surface area contributed by atoms with Crippen molar-refractivity contribution in [2.75, 3.05) is 0 Å². The van der Waals surface area contributed by atoms with Crippen LogP contribution in [0.25, 0.3) is 0 Å². The van der Waals surface area contributed by atoms with Crippen molar-refractivity contribution in [2.24, 2.45) is 0 Å². The van der Waals surface area contributed by atoms with Gasteiger partial charge in [-0.1, -0.05) is 73.2 Å². The first-order valence-electron chi connectivity index (χ1n) is 8.69. The number of benzene rings is 3. The van der Waals surface area contributed by atoms with E-state index < -0.39 is 7.29 Å². The van der Waals surface area contributed by atoms with Crippen LogP contribution in [0.15, 0.2) is 84.9 Å². The van der Waals surface area contributed by atoms with Crippen LogP contribution in [0.5, 0.6) is 0 Å². The molecular formula is C22H24NOP. The Labute approximate surface area is 150 Å². The van der Waals surface area contributed by atoms with E-state index in [0.29, 0.717) is 0 Å². The van der Waals surface area contributed by atoms with Gasteiger partial charge in [-0.3, -0.25) is 9.65 Å². The molecule has 0 radical (unpaired) electrons. The van der Waals surface area contributed by atoms with E-state index in [4.69, 9.17) is 0 Å². The summed E-state index contributed by atoms with van der Waals surface area (Å²) < 4.78 is 14.1. The molecule has 0 bridgehead atoms. The van der Waals surface area contributed by atoms with Gasteiger partial charge in [0, 0.05) is 16.7 Å². The summed E-state index contributed by atoms with van der Waals surface area (Å²) in [7, 11) is -2.93. The number of hydrogen-bond donors (Lipinski definition) is 1. The largest absolute Gasteiger partial charge is 0.297 e. The molecule has 1 atom stereocenters. The lowest BCUT2D eigenvalue weighted by atomic mass is 10.0. The molecule has 3 heteroatoms. The second kappa shape index (κ2) is 7.82. The van der Waals surface area contributed by atoms with Gasteiger partial charge in [0.15, 0.2) is 0 Å². The van der Waals surface area contributed by atoms with Crippen LogP contribution in [0.1, 0.15) is 30.5 Å². The Hall–Kier alpha value is -2.15. The summed E-state index contributed by atoms with van der Waals surface area (Å²) in [5.74, 6) is 0. The van der Waals surface area contributed by atoms with Crippen molar-refractivity contribution in [1.29, 1.82) is 0 Å². The SMILES string of the molecule is CC[C@@H](NP(=O)(c1ccccc1)c1ccccc1)c1cccc(C)c1. The van der Waals surface area contributed by atoms with E-state index in [-0.39, 0.29) is 6.04 Å². The van der Waals surface area contributed by atoms with Crippen molar-refractivity contribution in [3.63, 3.8) is 0 Å². The molecule has 0 aliphatic heterocycles. The molecule has 3 aromatic carbocycles. The van der Waals surface area contributed by atoms with Crippen molar-refractivity contribution in [3.05, 3.63) is 96.1 Å². The maximum Gasteiger partial charge on any atom is 0.205 e. The lowest BCUT2D eigenvalue weighted by molar-refractivity contribution is 0.555. The maximum absolute atomic E-state index is 14.1. The first-order valence-corrected chi connectivity index (χ1v) is 10.4. The zero-order chi connectivity index (χ0) is 17.7. The molecule has 1 N–H and O–H groups in total. The van der Waals surface area contributed by atoms with Crippen LogP contribution in [0.3, 0.4) is 0 Å². The Balaban J connectivity index is 2.05. The topological polar surface area (TPSA) is 29.1 Å². The smallest absolute Gasteiger partial charge is 0.205 e. The third-order valence-electron chi connectivity index (χ3n) is 4.43. The summed E-state index contributed by atoms with van der Waals surface area (Å²) in [6.45, 7) is 4.21. The fourth-order valence-corrected chi connectivity index (χ4v) is 5.63. The Kier molecular flexibility index (Phi) is 5.53. The van der Waals surface area contributed by atoms with Gasteiger partial charge < -0.3 is 0 Å². The summed E-state index contributed by atoms with van der Waals surface area (Å²) >= 11 is 0. The lowest BCUT2D eigenvalue weighted by Crippen LogP contribution is -2.30. The van der Waals surface area contributed by atoms with Crippen molar-refractivity contribution in [1.82, 2.24) is 5.09 Å². The molecule has 0 heterocycles. The summed E-state index contributed by atoms with van der Waals surface area (Å²) in [6, 6.07) is 27.9. The van der Waals surface area contributed by atoms with Crippen LogP contribution in [0.2, 0.25) is 0 Å². The lowest BCUT2D eigenvalue weighted by Gasteiger charge is -2.27. The predicted molar refractivity (Wildman–Crippen MR) is 107 cm³/mol. The molecule has 2 nitrogen and oxygen atoms in total. The highest BCUT2D eigenvalue weighted by Gasteiger charge is 2.30. The van der Waals surface area contributed by atoms with Crippen LogP contribution in [0.4, 0.5) is 0 Å². The third kappa shape index (κ3) is 3.92. The van der Waals surface area contributed by atoms with Gasteiger partial charge in [0.1, 0.15) is 0 Å². The van der Waals surface area contributed by atoms with E-state index in [1.165, 1.54) is 11.1 Å². The third-order valence-corrected chi connectivity index (χ3v) is 7.16. The molecular weight excluding hydrogens is 325 g/mol. The first kappa shape index (κ1) is 17.7. The van der Waals surface area contributed by atoms with E-state index in [9.17, 15) is 4.57 Å². The van der Waals surface area contributed by atoms with Gasteiger partial charge in [-0.2, -0.15) is 0 Å². The van der Waals surface area contributed by atoms with Gasteiger partial charge in [0.2, 0.25) is 7.29 Å². The molecule has 0 spiro atoms. The molecule has 0 aromatic heterocycles. The van der Waals surface area contributed by atoms with Crippen molar-refractivity contribution in [2.45, 2.75) is 26.3 Å². The van der Waals surface area contributed by atoms with Gasteiger partial charge in [0.05, 0.1) is 0 Å². The predicted octanol–water partition coefficient (Wildman–Crippen LogP) is 4.96. The molecule has 128 valence electrons. The van der Waals surface area contributed by atoms with Gasteiger partial charge in [0.25, 0.3) is 0 Å². The summed E-state index contributed by atoms with van der Waals surface area (Å²) in [6.07, 6.45) is 0.868. The molecule has 0 amide bonds. The van der Waals surface area contributed by atoms with Gasteiger partial charge in [-0.25, -0.2) is 0 Å². The minimum atomic E-state index is -2.93. The highest BCUT2D eigenvalue weighted by Crippen LogP contribution is 2.42. The van der Waals surface area contributed by atoms with E-state index in [1.54, 1.807) is 0 Å². The molecule has 0 fully saturated rings. The fraction of sp³-hybridized carbons (Fsp3) is 0.182. The second-order valence-electron chi connectivity index (χ2n) is 6.28. The van der Waals surface area contributed by atoms with Gasteiger partial charge in [-0.15, -0.1) is 0 Å². The zero-order valence-electron chi connectivity index (χ0n) is 14.7. The molecule has 25 heavy (non-hydrogen) atoms.